The van der Waals surface area contributed by atoms with E-state index in [1.165, 1.54) is 6.07 Å². The topological polar surface area (TPSA) is 49.4 Å². The van der Waals surface area contributed by atoms with E-state index in [0.717, 1.165) is 43.4 Å². The third kappa shape index (κ3) is 4.97. The van der Waals surface area contributed by atoms with Crippen molar-refractivity contribution in [1.29, 1.82) is 0 Å². The maximum Gasteiger partial charge on any atom is 0.416 e. The van der Waals surface area contributed by atoms with Crippen molar-refractivity contribution in [2.45, 2.75) is 44.3 Å². The lowest BCUT2D eigenvalue weighted by molar-refractivity contribution is -0.138. The maximum absolute atomic E-state index is 13.3. The summed E-state index contributed by atoms with van der Waals surface area (Å²) in [5, 5.41) is 2.92. The van der Waals surface area contributed by atoms with E-state index in [1.54, 1.807) is 11.0 Å². The van der Waals surface area contributed by atoms with Gasteiger partial charge in [0, 0.05) is 31.5 Å². The standard InChI is InChI=1S/C25H27F3N2O2/c26-25(27,28)20-12-6-11-19(13-20)21-15-30(24(32)18-9-4-5-10-18)16-22(21)23(31)29-14-17-7-2-1-3-8-17/h1-3,6-8,11-13,18,21-22H,4-5,9-10,14-16H2,(H,29,31). The van der Waals surface area contributed by atoms with Gasteiger partial charge in [0.1, 0.15) is 0 Å². The fraction of sp³-hybridized carbons (Fsp3) is 0.440. The molecule has 32 heavy (non-hydrogen) atoms. The Hall–Kier alpha value is -2.83. The van der Waals surface area contributed by atoms with Crippen LogP contribution in [0.15, 0.2) is 54.6 Å². The van der Waals surface area contributed by atoms with Crippen molar-refractivity contribution >= 4 is 11.8 Å². The van der Waals surface area contributed by atoms with Gasteiger partial charge in [0.15, 0.2) is 0 Å². The van der Waals surface area contributed by atoms with Crippen LogP contribution in [-0.4, -0.2) is 29.8 Å². The molecule has 2 fully saturated rings. The van der Waals surface area contributed by atoms with Crippen LogP contribution in [-0.2, 0) is 22.3 Å². The smallest absolute Gasteiger partial charge is 0.352 e. The zero-order valence-electron chi connectivity index (χ0n) is 17.8. The molecule has 170 valence electrons. The monoisotopic (exact) mass is 444 g/mol. The highest BCUT2D eigenvalue weighted by atomic mass is 19.4. The van der Waals surface area contributed by atoms with Gasteiger partial charge in [0.05, 0.1) is 11.5 Å². The Morgan fingerprint density at radius 2 is 1.69 bits per heavy atom. The molecule has 1 aliphatic carbocycles. The normalized spacial score (nSPS) is 21.7. The number of hydrogen-bond acceptors (Lipinski definition) is 2. The van der Waals surface area contributed by atoms with Crippen LogP contribution in [0.4, 0.5) is 13.2 Å². The minimum absolute atomic E-state index is 0.0258. The number of likely N-dealkylation sites (tertiary alicyclic amines) is 1. The molecule has 1 aliphatic heterocycles. The molecule has 2 atom stereocenters. The van der Waals surface area contributed by atoms with Gasteiger partial charge in [0.2, 0.25) is 11.8 Å². The van der Waals surface area contributed by atoms with Crippen LogP contribution in [0, 0.1) is 11.8 Å². The second kappa shape index (κ2) is 9.35. The fourth-order valence-corrected chi connectivity index (χ4v) is 4.88. The molecule has 2 aliphatic rings. The van der Waals surface area contributed by atoms with E-state index in [1.807, 2.05) is 30.3 Å². The summed E-state index contributed by atoms with van der Waals surface area (Å²) in [6.07, 6.45) is -0.744. The van der Waals surface area contributed by atoms with E-state index in [-0.39, 0.29) is 30.8 Å². The first-order chi connectivity index (χ1) is 15.3. The van der Waals surface area contributed by atoms with Crippen LogP contribution in [0.3, 0.4) is 0 Å². The summed E-state index contributed by atoms with van der Waals surface area (Å²) in [5.74, 6) is -1.31. The van der Waals surface area contributed by atoms with E-state index in [9.17, 15) is 22.8 Å². The summed E-state index contributed by atoms with van der Waals surface area (Å²) in [5.41, 5.74) is 0.647. The molecular formula is C25H27F3N2O2. The van der Waals surface area contributed by atoms with Crippen LogP contribution in [0.5, 0.6) is 0 Å². The molecule has 1 N–H and O–H groups in total. The molecule has 2 aromatic rings. The number of rotatable bonds is 5. The molecule has 0 spiro atoms. The molecule has 4 nitrogen and oxygen atoms in total. The Kier molecular flexibility index (Phi) is 6.53. The summed E-state index contributed by atoms with van der Waals surface area (Å²) in [4.78, 5) is 27.8. The number of halogens is 3. The molecular weight excluding hydrogens is 417 g/mol. The molecule has 7 heteroatoms. The minimum atomic E-state index is -4.46. The van der Waals surface area contributed by atoms with Crippen LogP contribution in [0.2, 0.25) is 0 Å². The van der Waals surface area contributed by atoms with Crippen LogP contribution in [0.25, 0.3) is 0 Å². The summed E-state index contributed by atoms with van der Waals surface area (Å²) >= 11 is 0. The Morgan fingerprint density at radius 1 is 0.969 bits per heavy atom. The molecule has 0 bridgehead atoms. The molecule has 1 saturated carbocycles. The average molecular weight is 444 g/mol. The van der Waals surface area contributed by atoms with Crippen molar-refractivity contribution in [3.05, 3.63) is 71.3 Å². The van der Waals surface area contributed by atoms with Crippen molar-refractivity contribution in [3.8, 4) is 0 Å². The van der Waals surface area contributed by atoms with E-state index in [4.69, 9.17) is 0 Å². The van der Waals surface area contributed by atoms with Gasteiger partial charge in [-0.2, -0.15) is 13.2 Å². The van der Waals surface area contributed by atoms with Crippen LogP contribution < -0.4 is 5.32 Å². The van der Waals surface area contributed by atoms with Crippen LogP contribution in [0.1, 0.15) is 48.3 Å². The highest BCUT2D eigenvalue weighted by Crippen LogP contribution is 2.38. The lowest BCUT2D eigenvalue weighted by atomic mass is 9.87. The first-order valence-corrected chi connectivity index (χ1v) is 11.1. The highest BCUT2D eigenvalue weighted by Gasteiger charge is 2.42. The number of hydrogen-bond donors (Lipinski definition) is 1. The number of benzene rings is 2. The SMILES string of the molecule is O=C(NCc1ccccc1)C1CN(C(=O)C2CCCC2)CC1c1cccc(C(F)(F)F)c1. The van der Waals surface area contributed by atoms with Crippen molar-refractivity contribution in [2.75, 3.05) is 13.1 Å². The van der Waals surface area contributed by atoms with E-state index in [2.05, 4.69) is 5.32 Å². The lowest BCUT2D eigenvalue weighted by Gasteiger charge is -2.20. The van der Waals surface area contributed by atoms with Crippen LogP contribution >= 0.6 is 0 Å². The third-order valence-electron chi connectivity index (χ3n) is 6.62. The Labute approximate surface area is 185 Å². The van der Waals surface area contributed by atoms with Crippen molar-refractivity contribution in [2.24, 2.45) is 11.8 Å². The highest BCUT2D eigenvalue weighted by molar-refractivity contribution is 5.84. The number of carbonyl (C=O) groups excluding carboxylic acids is 2. The van der Waals surface area contributed by atoms with Gasteiger partial charge in [0.25, 0.3) is 0 Å². The number of nitrogens with zero attached hydrogens (tertiary/aromatic N) is 1. The average Bonchev–Trinajstić information content (AvgIpc) is 3.48. The molecule has 2 unspecified atom stereocenters. The summed E-state index contributed by atoms with van der Waals surface area (Å²) < 4.78 is 39.9. The summed E-state index contributed by atoms with van der Waals surface area (Å²) in [6, 6.07) is 14.6. The number of carbonyl (C=O) groups is 2. The molecule has 4 rings (SSSR count). The first kappa shape index (κ1) is 22.4. The molecule has 0 radical (unpaired) electrons. The predicted molar refractivity (Wildman–Crippen MR) is 115 cm³/mol. The second-order valence-corrected chi connectivity index (χ2v) is 8.76. The molecule has 0 aromatic heterocycles. The number of alkyl halides is 3. The third-order valence-corrected chi connectivity index (χ3v) is 6.62. The Balaban J connectivity index is 1.55. The fourth-order valence-electron chi connectivity index (χ4n) is 4.88. The van der Waals surface area contributed by atoms with Gasteiger partial charge >= 0.3 is 6.18 Å². The van der Waals surface area contributed by atoms with E-state index >= 15 is 0 Å². The zero-order valence-corrected chi connectivity index (χ0v) is 17.8. The predicted octanol–water partition coefficient (Wildman–Crippen LogP) is 4.75. The van der Waals surface area contributed by atoms with Crippen molar-refractivity contribution < 1.29 is 22.8 Å². The van der Waals surface area contributed by atoms with Gasteiger partial charge in [-0.3, -0.25) is 9.59 Å². The molecule has 2 amide bonds. The van der Waals surface area contributed by atoms with E-state index in [0.29, 0.717) is 12.1 Å². The first-order valence-electron chi connectivity index (χ1n) is 11.1. The number of amides is 2. The lowest BCUT2D eigenvalue weighted by Crippen LogP contribution is -2.36. The second-order valence-electron chi connectivity index (χ2n) is 8.76. The molecule has 1 heterocycles. The number of nitrogens with one attached hydrogen (secondary N) is 1. The minimum Gasteiger partial charge on any atom is -0.352 e. The molecule has 1 saturated heterocycles. The van der Waals surface area contributed by atoms with Crippen molar-refractivity contribution in [1.82, 2.24) is 10.2 Å². The van der Waals surface area contributed by atoms with Crippen molar-refractivity contribution in [3.63, 3.8) is 0 Å². The largest absolute Gasteiger partial charge is 0.416 e. The van der Waals surface area contributed by atoms with E-state index < -0.39 is 23.6 Å². The Bertz CT molecular complexity index is 955. The quantitative estimate of drug-likeness (QED) is 0.723. The van der Waals surface area contributed by atoms with Gasteiger partial charge in [-0.1, -0.05) is 61.4 Å². The van der Waals surface area contributed by atoms with Gasteiger partial charge in [-0.15, -0.1) is 0 Å². The van der Waals surface area contributed by atoms with Gasteiger partial charge in [-0.05, 0) is 30.0 Å². The zero-order chi connectivity index (χ0) is 22.7. The van der Waals surface area contributed by atoms with Gasteiger partial charge in [-0.25, -0.2) is 0 Å². The van der Waals surface area contributed by atoms with Gasteiger partial charge < -0.3 is 10.2 Å². The Morgan fingerprint density at radius 3 is 2.38 bits per heavy atom. The summed E-state index contributed by atoms with van der Waals surface area (Å²) in [7, 11) is 0. The summed E-state index contributed by atoms with van der Waals surface area (Å²) in [6.45, 7) is 0.832. The maximum atomic E-state index is 13.3. The molecule has 2 aromatic carbocycles.